The van der Waals surface area contributed by atoms with Crippen LogP contribution in [-0.4, -0.2) is 10.8 Å². The van der Waals surface area contributed by atoms with E-state index in [4.69, 9.17) is 0 Å². The third kappa shape index (κ3) is 3.02. The average Bonchev–Trinajstić information content (AvgIpc) is 2.80. The maximum absolute atomic E-state index is 11.6. The molecular formula is C14H17NO. The molecule has 0 unspecified atom stereocenters. The van der Waals surface area contributed by atoms with E-state index in [-0.39, 0.29) is 14.6 Å². The molecule has 0 N–H and O–H groups in total. The fourth-order valence-corrected chi connectivity index (χ4v) is 1.37. The highest BCUT2D eigenvalue weighted by Crippen LogP contribution is 2.11. The van der Waals surface area contributed by atoms with Gasteiger partial charge in [0, 0.05) is 19.4 Å². The molecule has 0 aromatic carbocycles. The third-order valence-electron chi connectivity index (χ3n) is 2.19. The summed E-state index contributed by atoms with van der Waals surface area (Å²) in [5, 5.41) is 0. The number of allylic oxidation sites excluding steroid dienone is 6. The van der Waals surface area contributed by atoms with Crippen molar-refractivity contribution in [2.75, 3.05) is 0 Å². The van der Waals surface area contributed by atoms with Crippen molar-refractivity contribution in [2.24, 2.45) is 0 Å². The monoisotopic (exact) mass is 216 g/mol. The first-order valence-corrected chi connectivity index (χ1v) is 4.84. The molecule has 2 rings (SSSR count). The SMILES string of the molecule is C.O=C(/C=C/C1=CC=CC1)c1cccnc1.[2HH]. The number of nitrogens with zero attached hydrogens (tertiary/aromatic N) is 1. The highest BCUT2D eigenvalue weighted by molar-refractivity contribution is 6.04. The van der Waals surface area contributed by atoms with E-state index in [0.29, 0.717) is 5.56 Å². The first-order valence-electron chi connectivity index (χ1n) is 4.84. The van der Waals surface area contributed by atoms with Gasteiger partial charge in [0.1, 0.15) is 0 Å². The summed E-state index contributed by atoms with van der Waals surface area (Å²) in [6, 6.07) is 3.53. The predicted molar refractivity (Wildman–Crippen MR) is 68.4 cm³/mol. The molecular weight excluding hydrogens is 198 g/mol. The Morgan fingerprint density at radius 3 is 3.00 bits per heavy atom. The topological polar surface area (TPSA) is 30.0 Å². The van der Waals surface area contributed by atoms with Crippen molar-refractivity contribution in [1.82, 2.24) is 4.98 Å². The van der Waals surface area contributed by atoms with Gasteiger partial charge in [-0.15, -0.1) is 0 Å². The lowest BCUT2D eigenvalue weighted by molar-refractivity contribution is 0.104. The molecule has 0 atom stereocenters. The largest absolute Gasteiger partial charge is 0.289 e. The van der Waals surface area contributed by atoms with Crippen LogP contribution < -0.4 is 0 Å². The maximum atomic E-state index is 11.6. The zero-order valence-electron chi connectivity index (χ0n) is 8.26. The van der Waals surface area contributed by atoms with Gasteiger partial charge in [-0.2, -0.15) is 0 Å². The maximum Gasteiger partial charge on any atom is 0.187 e. The summed E-state index contributed by atoms with van der Waals surface area (Å²) in [6.07, 6.45) is 13.7. The Bertz CT molecular complexity index is 447. The Hall–Kier alpha value is -1.96. The van der Waals surface area contributed by atoms with E-state index in [1.165, 1.54) is 0 Å². The van der Waals surface area contributed by atoms with E-state index in [1.54, 1.807) is 30.6 Å². The standard InChI is InChI=1S/C13H11NO.CH4.H2/c15-13(12-6-3-9-14-10-12)8-7-11-4-1-2-5-11;;/h1-4,6-10H,5H2;1H4;1H/b8-7+;;/i;;1+1. The second-order valence-corrected chi connectivity index (χ2v) is 3.31. The fourth-order valence-electron chi connectivity index (χ4n) is 1.37. The molecule has 2 heteroatoms. The molecule has 0 amide bonds. The number of ketones is 1. The number of pyridine rings is 1. The summed E-state index contributed by atoms with van der Waals surface area (Å²) in [4.78, 5) is 15.5. The first-order chi connectivity index (χ1) is 7.36. The average molecular weight is 216 g/mol. The molecule has 1 aromatic rings. The van der Waals surface area contributed by atoms with Crippen LogP contribution in [-0.2, 0) is 0 Å². The van der Waals surface area contributed by atoms with Gasteiger partial charge in [-0.25, -0.2) is 0 Å². The van der Waals surface area contributed by atoms with Crippen LogP contribution in [0.25, 0.3) is 0 Å². The summed E-state index contributed by atoms with van der Waals surface area (Å²) in [6.45, 7) is 0. The van der Waals surface area contributed by atoms with Crippen LogP contribution in [0.2, 0.25) is 0 Å². The van der Waals surface area contributed by atoms with E-state index in [9.17, 15) is 4.79 Å². The molecule has 0 radical (unpaired) electrons. The zero-order chi connectivity index (χ0) is 10.5. The lowest BCUT2D eigenvalue weighted by Crippen LogP contribution is -1.94. The number of hydrogen-bond donors (Lipinski definition) is 0. The van der Waals surface area contributed by atoms with Crippen LogP contribution in [0, 0.1) is 0 Å². The Morgan fingerprint density at radius 1 is 1.50 bits per heavy atom. The Labute approximate surface area is 97.5 Å². The minimum absolute atomic E-state index is 0. The molecule has 0 aliphatic heterocycles. The summed E-state index contributed by atoms with van der Waals surface area (Å²) >= 11 is 0. The van der Waals surface area contributed by atoms with Crippen LogP contribution in [0.4, 0.5) is 0 Å². The predicted octanol–water partition coefficient (Wildman–Crippen LogP) is 3.59. The van der Waals surface area contributed by atoms with Crippen LogP contribution in [0.5, 0.6) is 0 Å². The normalized spacial score (nSPS) is 13.6. The van der Waals surface area contributed by atoms with Gasteiger partial charge in [0.25, 0.3) is 0 Å². The lowest BCUT2D eigenvalue weighted by Gasteiger charge is -1.94. The van der Waals surface area contributed by atoms with Crippen molar-refractivity contribution in [3.63, 3.8) is 0 Å². The molecule has 84 valence electrons. The number of rotatable bonds is 3. The molecule has 0 saturated heterocycles. The van der Waals surface area contributed by atoms with E-state index < -0.39 is 0 Å². The van der Waals surface area contributed by atoms with Crippen molar-refractivity contribution < 1.29 is 6.22 Å². The first kappa shape index (κ1) is 12.1. The van der Waals surface area contributed by atoms with Gasteiger partial charge >= 0.3 is 0 Å². The number of hydrogen-bond acceptors (Lipinski definition) is 2. The highest BCUT2D eigenvalue weighted by atomic mass is 16.1. The molecule has 1 aliphatic rings. The fraction of sp³-hybridized carbons (Fsp3) is 0.143. The van der Waals surface area contributed by atoms with Gasteiger partial charge < -0.3 is 0 Å². The van der Waals surface area contributed by atoms with Crippen molar-refractivity contribution >= 4 is 5.78 Å². The van der Waals surface area contributed by atoms with E-state index in [1.807, 2.05) is 18.2 Å². The van der Waals surface area contributed by atoms with Gasteiger partial charge in [0.15, 0.2) is 5.78 Å². The van der Waals surface area contributed by atoms with E-state index in [2.05, 4.69) is 11.1 Å². The van der Waals surface area contributed by atoms with Crippen LogP contribution in [0.3, 0.4) is 0 Å². The van der Waals surface area contributed by atoms with Gasteiger partial charge in [-0.1, -0.05) is 31.7 Å². The quantitative estimate of drug-likeness (QED) is 0.571. The Balaban J connectivity index is 0.00000128. The van der Waals surface area contributed by atoms with Gasteiger partial charge in [0.05, 0.1) is 0 Å². The second kappa shape index (κ2) is 5.81. The van der Waals surface area contributed by atoms with E-state index in [0.717, 1.165) is 12.0 Å². The molecule has 0 spiro atoms. The summed E-state index contributed by atoms with van der Waals surface area (Å²) in [7, 11) is 0. The second-order valence-electron chi connectivity index (χ2n) is 3.31. The molecule has 0 saturated carbocycles. The number of aromatic nitrogens is 1. The van der Waals surface area contributed by atoms with Crippen molar-refractivity contribution in [2.45, 2.75) is 13.8 Å². The minimum Gasteiger partial charge on any atom is -0.289 e. The summed E-state index contributed by atoms with van der Waals surface area (Å²) in [5.41, 5.74) is 1.78. The Kier molecular flexibility index (Phi) is 4.40. The summed E-state index contributed by atoms with van der Waals surface area (Å²) < 4.78 is 0. The molecule has 1 heterocycles. The molecule has 0 bridgehead atoms. The van der Waals surface area contributed by atoms with Crippen LogP contribution in [0.15, 0.2) is 60.5 Å². The van der Waals surface area contributed by atoms with E-state index >= 15 is 0 Å². The lowest BCUT2D eigenvalue weighted by atomic mass is 10.1. The van der Waals surface area contributed by atoms with Crippen molar-refractivity contribution in [3.05, 3.63) is 66.0 Å². The third-order valence-corrected chi connectivity index (χ3v) is 2.19. The van der Waals surface area contributed by atoms with Crippen molar-refractivity contribution in [1.29, 1.82) is 0 Å². The smallest absolute Gasteiger partial charge is 0.187 e. The Morgan fingerprint density at radius 2 is 2.38 bits per heavy atom. The van der Waals surface area contributed by atoms with Gasteiger partial charge in [0.2, 0.25) is 0 Å². The molecule has 1 aromatic heterocycles. The van der Waals surface area contributed by atoms with Gasteiger partial charge in [-0.05, 0) is 30.2 Å². The molecule has 2 nitrogen and oxygen atoms in total. The zero-order valence-corrected chi connectivity index (χ0v) is 8.26. The van der Waals surface area contributed by atoms with Crippen LogP contribution >= 0.6 is 0 Å². The highest BCUT2D eigenvalue weighted by Gasteiger charge is 2.01. The van der Waals surface area contributed by atoms with Crippen LogP contribution in [0.1, 0.15) is 25.6 Å². The van der Waals surface area contributed by atoms with Gasteiger partial charge in [-0.3, -0.25) is 9.78 Å². The number of carbonyl (C=O) groups excluding carboxylic acids is 1. The number of carbonyl (C=O) groups is 1. The minimum atomic E-state index is -0.00380. The summed E-state index contributed by atoms with van der Waals surface area (Å²) in [5.74, 6) is -0.00380. The molecule has 16 heavy (non-hydrogen) atoms. The molecule has 1 aliphatic carbocycles. The molecule has 0 fully saturated rings. The van der Waals surface area contributed by atoms with Crippen molar-refractivity contribution in [3.8, 4) is 0 Å².